The molecule has 2 rings (SSSR count). The maximum atomic E-state index is 12.6. The van der Waals surface area contributed by atoms with E-state index in [1.165, 1.54) is 43.2 Å². The summed E-state index contributed by atoms with van der Waals surface area (Å²) >= 11 is 0. The number of phosphoric acid groups is 1. The minimum Gasteiger partial charge on any atom is -0.466 e. The maximum absolute atomic E-state index is 12.6. The Balaban J connectivity index is 1.56. The summed E-state index contributed by atoms with van der Waals surface area (Å²) in [7, 11) is -4.39. The van der Waals surface area contributed by atoms with Crippen LogP contribution >= 0.6 is 7.82 Å². The van der Waals surface area contributed by atoms with E-state index in [0.717, 1.165) is 108 Å². The second-order valence-corrected chi connectivity index (χ2v) is 16.6. The van der Waals surface area contributed by atoms with Crippen molar-refractivity contribution in [3.05, 3.63) is 34.8 Å². The molecule has 1 aliphatic rings. The van der Waals surface area contributed by atoms with E-state index in [1.807, 2.05) is 0 Å². The van der Waals surface area contributed by atoms with Crippen LogP contribution in [0.5, 0.6) is 0 Å². The van der Waals surface area contributed by atoms with E-state index in [0.29, 0.717) is 25.0 Å². The van der Waals surface area contributed by atoms with Crippen LogP contribution in [0, 0.1) is 13.8 Å². The molecule has 0 amide bonds. The predicted molar refractivity (Wildman–Crippen MR) is 218 cm³/mol. The summed E-state index contributed by atoms with van der Waals surface area (Å²) in [4.78, 5) is 35.0. The third-order valence-electron chi connectivity index (χ3n) is 10.2. The molecular formula is C43H76NO10P. The van der Waals surface area contributed by atoms with Crippen LogP contribution in [-0.4, -0.2) is 61.5 Å². The van der Waals surface area contributed by atoms with Gasteiger partial charge in [-0.2, -0.15) is 0 Å². The van der Waals surface area contributed by atoms with E-state index in [-0.39, 0.29) is 32.6 Å². The average Bonchev–Trinajstić information content (AvgIpc) is 3.86. The van der Waals surface area contributed by atoms with Crippen molar-refractivity contribution >= 4 is 19.8 Å². The lowest BCUT2D eigenvalue weighted by atomic mass is 10.0. The van der Waals surface area contributed by atoms with E-state index in [1.54, 1.807) is 0 Å². The number of hydrogen-bond acceptors (Lipinski definition) is 10. The van der Waals surface area contributed by atoms with Gasteiger partial charge in [-0.05, 0) is 76.3 Å². The molecule has 3 unspecified atom stereocenters. The molecule has 0 radical (unpaired) electrons. The van der Waals surface area contributed by atoms with E-state index in [2.05, 4.69) is 39.8 Å². The number of epoxide rings is 1. The highest BCUT2D eigenvalue weighted by Gasteiger charge is 2.36. The monoisotopic (exact) mass is 798 g/mol. The SMILES string of the molecule is CCCCC/C=C\CC1OC1CCCCCCCC(=O)OC[C@H](COP(=O)(O)OCCN)OC(=O)CCCCCCCCCCc1oc(CCC)c(C)c1C. The zero-order valence-electron chi connectivity index (χ0n) is 34.8. The Morgan fingerprint density at radius 1 is 0.745 bits per heavy atom. The zero-order chi connectivity index (χ0) is 40.2. The number of phosphoric ester groups is 1. The molecule has 0 saturated carbocycles. The maximum Gasteiger partial charge on any atom is 0.472 e. The molecule has 1 aromatic rings. The largest absolute Gasteiger partial charge is 0.472 e. The van der Waals surface area contributed by atoms with Crippen LogP contribution in [0.15, 0.2) is 16.6 Å². The first kappa shape index (κ1) is 49.1. The van der Waals surface area contributed by atoms with E-state index in [9.17, 15) is 19.0 Å². The Bertz CT molecular complexity index is 1250. The first-order valence-corrected chi connectivity index (χ1v) is 23.1. The topological polar surface area (TPSA) is 160 Å². The van der Waals surface area contributed by atoms with Crippen molar-refractivity contribution in [1.82, 2.24) is 0 Å². The molecule has 3 N–H and O–H groups in total. The molecule has 0 bridgehead atoms. The molecule has 1 aromatic heterocycles. The van der Waals surface area contributed by atoms with Gasteiger partial charge in [0.15, 0.2) is 6.10 Å². The van der Waals surface area contributed by atoms with Crippen molar-refractivity contribution in [2.24, 2.45) is 5.73 Å². The lowest BCUT2D eigenvalue weighted by Gasteiger charge is -2.19. The van der Waals surface area contributed by atoms with Crippen LogP contribution in [0.1, 0.15) is 178 Å². The summed E-state index contributed by atoms with van der Waals surface area (Å²) < 4.78 is 44.7. The first-order valence-electron chi connectivity index (χ1n) is 21.6. The number of carbonyl (C=O) groups is 2. The van der Waals surface area contributed by atoms with Gasteiger partial charge >= 0.3 is 19.8 Å². The molecule has 12 heteroatoms. The van der Waals surface area contributed by atoms with Gasteiger partial charge in [-0.1, -0.05) is 103 Å². The number of unbranched alkanes of at least 4 members (excludes halogenated alkanes) is 14. The van der Waals surface area contributed by atoms with E-state index in [4.69, 9.17) is 33.4 Å². The fourth-order valence-electron chi connectivity index (χ4n) is 6.69. The molecule has 1 fully saturated rings. The number of rotatable bonds is 36. The summed E-state index contributed by atoms with van der Waals surface area (Å²) in [5.41, 5.74) is 7.97. The molecule has 0 aliphatic carbocycles. The summed E-state index contributed by atoms with van der Waals surface area (Å²) in [6.07, 6.45) is 28.2. The lowest BCUT2D eigenvalue weighted by Crippen LogP contribution is -2.29. The molecule has 0 spiro atoms. The normalized spacial score (nSPS) is 17.1. The van der Waals surface area contributed by atoms with Gasteiger partial charge in [-0.3, -0.25) is 18.6 Å². The number of carbonyl (C=O) groups excluding carboxylic acids is 2. The van der Waals surface area contributed by atoms with Crippen molar-refractivity contribution in [1.29, 1.82) is 0 Å². The fraction of sp³-hybridized carbons (Fsp3) is 0.814. The Labute approximate surface area is 332 Å². The van der Waals surface area contributed by atoms with Crippen LogP contribution < -0.4 is 5.73 Å². The third kappa shape index (κ3) is 23.7. The van der Waals surface area contributed by atoms with Crippen LogP contribution in [0.3, 0.4) is 0 Å². The van der Waals surface area contributed by atoms with Crippen LogP contribution in [0.2, 0.25) is 0 Å². The smallest absolute Gasteiger partial charge is 0.466 e. The second-order valence-electron chi connectivity index (χ2n) is 15.2. The van der Waals surface area contributed by atoms with Crippen molar-refractivity contribution in [2.45, 2.75) is 200 Å². The molecule has 11 nitrogen and oxygen atoms in total. The number of hydrogen-bond donors (Lipinski definition) is 2. The fourth-order valence-corrected chi connectivity index (χ4v) is 7.45. The van der Waals surface area contributed by atoms with Gasteiger partial charge in [0.1, 0.15) is 18.1 Å². The summed E-state index contributed by atoms with van der Waals surface area (Å²) in [6, 6.07) is 0. The minimum atomic E-state index is -4.39. The van der Waals surface area contributed by atoms with Gasteiger partial charge in [0.25, 0.3) is 0 Å². The molecule has 318 valence electrons. The molecule has 1 saturated heterocycles. The number of allylic oxidation sites excluding steroid dienone is 1. The highest BCUT2D eigenvalue weighted by molar-refractivity contribution is 7.47. The van der Waals surface area contributed by atoms with E-state index < -0.39 is 32.5 Å². The molecule has 4 atom stereocenters. The molecular weight excluding hydrogens is 721 g/mol. The number of nitrogens with two attached hydrogens (primary N) is 1. The number of esters is 2. The highest BCUT2D eigenvalue weighted by atomic mass is 31.2. The molecule has 2 heterocycles. The minimum absolute atomic E-state index is 0.0432. The van der Waals surface area contributed by atoms with Crippen LogP contribution in [-0.2, 0) is 50.3 Å². The summed E-state index contributed by atoms with van der Waals surface area (Å²) in [6.45, 7) is 7.89. The summed E-state index contributed by atoms with van der Waals surface area (Å²) in [5.74, 6) is 1.42. The van der Waals surface area contributed by atoms with Gasteiger partial charge in [0.05, 0.1) is 25.4 Å². The van der Waals surface area contributed by atoms with Gasteiger partial charge in [-0.25, -0.2) is 4.57 Å². The Kier molecular flexibility index (Phi) is 26.9. The van der Waals surface area contributed by atoms with Crippen molar-refractivity contribution in [3.8, 4) is 0 Å². The molecule has 0 aromatic carbocycles. The number of furan rings is 1. The van der Waals surface area contributed by atoms with Crippen LogP contribution in [0.4, 0.5) is 0 Å². The van der Waals surface area contributed by atoms with Gasteiger partial charge in [0, 0.05) is 32.2 Å². The second kappa shape index (κ2) is 30.1. The molecule has 1 aliphatic heterocycles. The van der Waals surface area contributed by atoms with E-state index >= 15 is 0 Å². The predicted octanol–water partition coefficient (Wildman–Crippen LogP) is 10.5. The van der Waals surface area contributed by atoms with Gasteiger partial charge < -0.3 is 29.3 Å². The Hall–Kier alpha value is -2.01. The first-order chi connectivity index (χ1) is 26.6. The molecule has 55 heavy (non-hydrogen) atoms. The Morgan fingerprint density at radius 3 is 2.02 bits per heavy atom. The zero-order valence-corrected chi connectivity index (χ0v) is 35.7. The quantitative estimate of drug-likeness (QED) is 0.0219. The highest BCUT2D eigenvalue weighted by Crippen LogP contribution is 2.43. The number of ether oxygens (including phenoxy) is 3. The Morgan fingerprint density at radius 2 is 1.36 bits per heavy atom. The van der Waals surface area contributed by atoms with Crippen molar-refractivity contribution in [2.75, 3.05) is 26.4 Å². The van der Waals surface area contributed by atoms with Crippen molar-refractivity contribution < 1.29 is 46.7 Å². The van der Waals surface area contributed by atoms with Crippen molar-refractivity contribution in [3.63, 3.8) is 0 Å². The van der Waals surface area contributed by atoms with Gasteiger partial charge in [-0.15, -0.1) is 0 Å². The lowest BCUT2D eigenvalue weighted by molar-refractivity contribution is -0.161. The standard InChI is InChI=1S/C43H76NO10P/c1-5-7-8-9-15-21-27-40-41(54-40)28-22-17-14-19-23-29-42(45)49-33-37(34-51-55(47,48)50-32-31-44)52-43(46)30-24-18-13-11-10-12-16-20-26-39-36(4)35(3)38(53-39)25-6-2/h15,21,37,40-41H,5-14,16-20,22-34,44H2,1-4H3,(H,47,48)/b21-15-/t37-,40?,41?/m1/s1. The van der Waals surface area contributed by atoms with Crippen LogP contribution in [0.25, 0.3) is 0 Å². The van der Waals surface area contributed by atoms with Gasteiger partial charge in [0.2, 0.25) is 0 Å². The average molecular weight is 798 g/mol. The number of aryl methyl sites for hydroxylation is 2. The third-order valence-corrected chi connectivity index (χ3v) is 11.2. The summed E-state index contributed by atoms with van der Waals surface area (Å²) in [5, 5.41) is 0.